The summed E-state index contributed by atoms with van der Waals surface area (Å²) in [6, 6.07) is 23.0. The highest BCUT2D eigenvalue weighted by molar-refractivity contribution is 6.05. The molecule has 0 spiro atoms. The number of aryl methyl sites for hydroxylation is 2. The van der Waals surface area contributed by atoms with E-state index >= 15 is 0 Å². The average molecular weight is 331 g/mol. The van der Waals surface area contributed by atoms with E-state index in [1.807, 2.05) is 74.5 Å². The maximum absolute atomic E-state index is 12.6. The van der Waals surface area contributed by atoms with Gasteiger partial charge in [-0.15, -0.1) is 0 Å². The molecular formula is C22H21NO2. The first-order valence-electron chi connectivity index (χ1n) is 8.22. The van der Waals surface area contributed by atoms with Crippen LogP contribution < -0.4 is 9.64 Å². The lowest BCUT2D eigenvalue weighted by Crippen LogP contribution is -2.26. The molecule has 0 aliphatic rings. The van der Waals surface area contributed by atoms with Gasteiger partial charge < -0.3 is 9.64 Å². The van der Waals surface area contributed by atoms with E-state index in [2.05, 4.69) is 0 Å². The van der Waals surface area contributed by atoms with Crippen molar-refractivity contribution in [2.45, 2.75) is 13.8 Å². The number of anilines is 1. The number of hydrogen-bond acceptors (Lipinski definition) is 2. The number of rotatable bonds is 4. The van der Waals surface area contributed by atoms with Crippen molar-refractivity contribution >= 4 is 11.6 Å². The summed E-state index contributed by atoms with van der Waals surface area (Å²) in [5.41, 5.74) is 3.82. The van der Waals surface area contributed by atoms with E-state index in [4.69, 9.17) is 4.74 Å². The van der Waals surface area contributed by atoms with Gasteiger partial charge in [-0.1, -0.05) is 29.8 Å². The molecule has 3 rings (SSSR count). The average Bonchev–Trinajstić information content (AvgIpc) is 2.63. The molecule has 25 heavy (non-hydrogen) atoms. The Morgan fingerprint density at radius 1 is 0.800 bits per heavy atom. The van der Waals surface area contributed by atoms with Crippen LogP contribution in [0.15, 0.2) is 72.8 Å². The van der Waals surface area contributed by atoms with Crippen molar-refractivity contribution in [2.75, 3.05) is 11.9 Å². The van der Waals surface area contributed by atoms with Crippen LogP contribution in [0.1, 0.15) is 21.5 Å². The molecule has 0 bridgehead atoms. The van der Waals surface area contributed by atoms with Crippen molar-refractivity contribution in [2.24, 2.45) is 0 Å². The van der Waals surface area contributed by atoms with Gasteiger partial charge in [0.05, 0.1) is 0 Å². The smallest absolute Gasteiger partial charge is 0.258 e. The monoisotopic (exact) mass is 331 g/mol. The highest BCUT2D eigenvalue weighted by atomic mass is 16.5. The summed E-state index contributed by atoms with van der Waals surface area (Å²) in [6.07, 6.45) is 0. The second-order valence-corrected chi connectivity index (χ2v) is 6.14. The van der Waals surface area contributed by atoms with Crippen molar-refractivity contribution in [1.29, 1.82) is 0 Å². The number of ether oxygens (including phenoxy) is 1. The first-order chi connectivity index (χ1) is 12.0. The number of carbonyl (C=O) groups is 1. The summed E-state index contributed by atoms with van der Waals surface area (Å²) in [6.45, 7) is 4.05. The van der Waals surface area contributed by atoms with Gasteiger partial charge in [0.15, 0.2) is 0 Å². The lowest BCUT2D eigenvalue weighted by molar-refractivity contribution is 0.0993. The van der Waals surface area contributed by atoms with Crippen molar-refractivity contribution in [3.05, 3.63) is 89.5 Å². The molecule has 0 aliphatic carbocycles. The van der Waals surface area contributed by atoms with Gasteiger partial charge in [0, 0.05) is 18.3 Å². The number of hydrogen-bond donors (Lipinski definition) is 0. The minimum Gasteiger partial charge on any atom is -0.457 e. The van der Waals surface area contributed by atoms with Crippen molar-refractivity contribution < 1.29 is 9.53 Å². The van der Waals surface area contributed by atoms with E-state index in [1.54, 1.807) is 24.1 Å². The molecule has 0 aliphatic heterocycles. The molecule has 126 valence electrons. The van der Waals surface area contributed by atoms with Crippen LogP contribution in [0.2, 0.25) is 0 Å². The van der Waals surface area contributed by atoms with E-state index in [1.165, 1.54) is 5.56 Å². The highest BCUT2D eigenvalue weighted by Crippen LogP contribution is 2.23. The molecule has 3 aromatic carbocycles. The third-order valence-corrected chi connectivity index (χ3v) is 4.05. The van der Waals surface area contributed by atoms with E-state index in [0.29, 0.717) is 11.3 Å². The van der Waals surface area contributed by atoms with E-state index < -0.39 is 0 Å². The van der Waals surface area contributed by atoms with E-state index in [9.17, 15) is 4.79 Å². The number of benzene rings is 3. The third-order valence-electron chi connectivity index (χ3n) is 4.05. The molecule has 3 nitrogen and oxygen atoms in total. The summed E-state index contributed by atoms with van der Waals surface area (Å²) in [5, 5.41) is 0. The van der Waals surface area contributed by atoms with Crippen LogP contribution in [0.4, 0.5) is 5.69 Å². The van der Waals surface area contributed by atoms with E-state index in [0.717, 1.165) is 17.0 Å². The number of carbonyl (C=O) groups excluding carboxylic acids is 1. The van der Waals surface area contributed by atoms with Crippen molar-refractivity contribution in [1.82, 2.24) is 0 Å². The normalized spacial score (nSPS) is 10.4. The number of nitrogens with zero attached hydrogens (tertiary/aromatic N) is 1. The molecule has 3 heteroatoms. The van der Waals surface area contributed by atoms with Crippen molar-refractivity contribution in [3.63, 3.8) is 0 Å². The minimum atomic E-state index is -0.0486. The molecule has 3 aromatic rings. The molecule has 0 atom stereocenters. The molecule has 0 unspecified atom stereocenters. The van der Waals surface area contributed by atoms with Gasteiger partial charge in [-0.05, 0) is 67.9 Å². The molecule has 0 fully saturated rings. The SMILES string of the molecule is Cc1ccc(Oc2ccc(C(=O)N(C)c3cccc(C)c3)cc2)cc1. The van der Waals surface area contributed by atoms with Crippen molar-refractivity contribution in [3.8, 4) is 11.5 Å². The molecule has 0 aromatic heterocycles. The van der Waals surface area contributed by atoms with Crippen LogP contribution in [0.25, 0.3) is 0 Å². The number of amides is 1. The molecule has 1 amide bonds. The first kappa shape index (κ1) is 16.8. The van der Waals surface area contributed by atoms with Gasteiger partial charge in [0.25, 0.3) is 5.91 Å². The Hall–Kier alpha value is -3.07. The van der Waals surface area contributed by atoms with Crippen LogP contribution >= 0.6 is 0 Å². The summed E-state index contributed by atoms with van der Waals surface area (Å²) in [4.78, 5) is 14.3. The summed E-state index contributed by atoms with van der Waals surface area (Å²) < 4.78 is 5.80. The lowest BCUT2D eigenvalue weighted by Gasteiger charge is -2.18. The molecule has 0 N–H and O–H groups in total. The zero-order chi connectivity index (χ0) is 17.8. The molecular weight excluding hydrogens is 310 g/mol. The topological polar surface area (TPSA) is 29.5 Å². The Morgan fingerprint density at radius 3 is 2.00 bits per heavy atom. The highest BCUT2D eigenvalue weighted by Gasteiger charge is 2.13. The van der Waals surface area contributed by atoms with Crippen LogP contribution in [0, 0.1) is 13.8 Å². The summed E-state index contributed by atoms with van der Waals surface area (Å²) in [5.74, 6) is 1.44. The Labute approximate surface area is 148 Å². The largest absolute Gasteiger partial charge is 0.457 e. The fraction of sp³-hybridized carbons (Fsp3) is 0.136. The second-order valence-electron chi connectivity index (χ2n) is 6.14. The first-order valence-corrected chi connectivity index (χ1v) is 8.22. The fourth-order valence-electron chi connectivity index (χ4n) is 2.56. The van der Waals surface area contributed by atoms with E-state index in [-0.39, 0.29) is 5.91 Å². The fourth-order valence-corrected chi connectivity index (χ4v) is 2.56. The Bertz CT molecular complexity index is 867. The zero-order valence-electron chi connectivity index (χ0n) is 14.7. The minimum absolute atomic E-state index is 0.0486. The van der Waals surface area contributed by atoms with Gasteiger partial charge >= 0.3 is 0 Å². The maximum atomic E-state index is 12.6. The summed E-state index contributed by atoms with van der Waals surface area (Å²) in [7, 11) is 1.79. The molecule has 0 saturated carbocycles. The molecule has 0 saturated heterocycles. The van der Waals surface area contributed by atoms with Crippen LogP contribution in [0.5, 0.6) is 11.5 Å². The Kier molecular flexibility index (Phi) is 4.85. The summed E-state index contributed by atoms with van der Waals surface area (Å²) >= 11 is 0. The predicted molar refractivity (Wildman–Crippen MR) is 102 cm³/mol. The molecule has 0 heterocycles. The quantitative estimate of drug-likeness (QED) is 0.643. The van der Waals surface area contributed by atoms with Gasteiger partial charge in [-0.25, -0.2) is 0 Å². The van der Waals surface area contributed by atoms with Crippen LogP contribution in [-0.2, 0) is 0 Å². The van der Waals surface area contributed by atoms with Gasteiger partial charge in [-0.3, -0.25) is 4.79 Å². The standard InChI is InChI=1S/C22H21NO2/c1-16-7-11-20(12-8-16)25-21-13-9-18(10-14-21)22(24)23(3)19-6-4-5-17(2)15-19/h4-15H,1-3H3. The van der Waals surface area contributed by atoms with Crippen LogP contribution in [-0.4, -0.2) is 13.0 Å². The third kappa shape index (κ3) is 4.07. The second kappa shape index (κ2) is 7.22. The molecule has 0 radical (unpaired) electrons. The Morgan fingerprint density at radius 2 is 1.40 bits per heavy atom. The predicted octanol–water partition coefficient (Wildman–Crippen LogP) is 5.37. The Balaban J connectivity index is 1.73. The van der Waals surface area contributed by atoms with Gasteiger partial charge in [-0.2, -0.15) is 0 Å². The zero-order valence-corrected chi connectivity index (χ0v) is 14.7. The van der Waals surface area contributed by atoms with Gasteiger partial charge in [0.1, 0.15) is 11.5 Å². The maximum Gasteiger partial charge on any atom is 0.258 e. The van der Waals surface area contributed by atoms with Crippen LogP contribution in [0.3, 0.4) is 0 Å². The lowest BCUT2D eigenvalue weighted by atomic mass is 10.1. The van der Waals surface area contributed by atoms with Gasteiger partial charge in [0.2, 0.25) is 0 Å².